The molecular weight excluding hydrogens is 259 g/mol. The Labute approximate surface area is 109 Å². The fourth-order valence-corrected chi connectivity index (χ4v) is 1.43. The van der Waals surface area contributed by atoms with Crippen LogP contribution in [0.5, 0.6) is 0 Å². The lowest BCUT2D eigenvalue weighted by atomic mass is 10.1. The zero-order valence-electron chi connectivity index (χ0n) is 10.7. The summed E-state index contributed by atoms with van der Waals surface area (Å²) in [6, 6.07) is 1.05. The van der Waals surface area contributed by atoms with Crippen LogP contribution in [0.25, 0.3) is 0 Å². The van der Waals surface area contributed by atoms with Gasteiger partial charge in [-0.2, -0.15) is 13.2 Å². The normalized spacial score (nSPS) is 11.7. The van der Waals surface area contributed by atoms with Crippen molar-refractivity contribution in [2.75, 3.05) is 6.67 Å². The summed E-state index contributed by atoms with van der Waals surface area (Å²) in [6.07, 6.45) is -2.69. The van der Waals surface area contributed by atoms with Crippen molar-refractivity contribution in [3.63, 3.8) is 0 Å². The average molecular weight is 275 g/mol. The molecule has 1 aromatic heterocycles. The van der Waals surface area contributed by atoms with Crippen LogP contribution in [0.3, 0.4) is 0 Å². The number of nitrogens with zero attached hydrogens (tertiary/aromatic N) is 1. The Morgan fingerprint density at radius 1 is 1.42 bits per heavy atom. The first-order chi connectivity index (χ1) is 8.80. The van der Waals surface area contributed by atoms with Crippen molar-refractivity contribution in [1.82, 2.24) is 15.6 Å². The minimum Gasteiger partial charge on any atom is -0.343 e. The molecule has 0 atom stereocenters. The van der Waals surface area contributed by atoms with Crippen LogP contribution in [0.1, 0.15) is 25.0 Å². The predicted octanol–water partition coefficient (Wildman–Crippen LogP) is 1.71. The third kappa shape index (κ3) is 5.25. The lowest BCUT2D eigenvalue weighted by Gasteiger charge is -2.13. The first-order valence-corrected chi connectivity index (χ1v) is 5.81. The van der Waals surface area contributed by atoms with Crippen LogP contribution < -0.4 is 10.6 Å². The molecular formula is C12H16F3N3O. The number of hydrogen-bond acceptors (Lipinski definition) is 3. The highest BCUT2D eigenvalue weighted by atomic mass is 19.4. The second-order valence-electron chi connectivity index (χ2n) is 4.34. The van der Waals surface area contributed by atoms with Crippen molar-refractivity contribution in [2.45, 2.75) is 32.5 Å². The largest absolute Gasteiger partial charge is 0.416 e. The van der Waals surface area contributed by atoms with Crippen molar-refractivity contribution in [3.05, 3.63) is 29.6 Å². The van der Waals surface area contributed by atoms with E-state index < -0.39 is 17.6 Å². The molecule has 106 valence electrons. The van der Waals surface area contributed by atoms with E-state index in [9.17, 15) is 18.0 Å². The van der Waals surface area contributed by atoms with E-state index in [0.29, 0.717) is 0 Å². The maximum Gasteiger partial charge on any atom is 0.416 e. The Morgan fingerprint density at radius 3 is 2.68 bits per heavy atom. The number of nitrogens with one attached hydrogen (secondary N) is 2. The van der Waals surface area contributed by atoms with Gasteiger partial charge in [0.05, 0.1) is 18.7 Å². The number of pyridine rings is 1. The Morgan fingerprint density at radius 2 is 2.11 bits per heavy atom. The molecule has 0 aliphatic carbocycles. The maximum absolute atomic E-state index is 12.7. The number of halogens is 3. The Kier molecular flexibility index (Phi) is 5.29. The summed E-state index contributed by atoms with van der Waals surface area (Å²) < 4.78 is 38.1. The Bertz CT molecular complexity index is 432. The smallest absolute Gasteiger partial charge is 0.343 e. The van der Waals surface area contributed by atoms with Gasteiger partial charge in [-0.3, -0.25) is 15.1 Å². The highest BCUT2D eigenvalue weighted by Gasteiger charge is 2.33. The lowest BCUT2D eigenvalue weighted by Crippen LogP contribution is -2.38. The molecule has 2 N–H and O–H groups in total. The number of rotatable bonds is 5. The third-order valence-corrected chi connectivity index (χ3v) is 2.36. The SMILES string of the molecule is CC(C)NCNC(=O)Cc1cnccc1C(F)(F)F. The number of hydrogen-bond donors (Lipinski definition) is 2. The molecule has 19 heavy (non-hydrogen) atoms. The van der Waals surface area contributed by atoms with Crippen LogP contribution in [0.2, 0.25) is 0 Å². The van der Waals surface area contributed by atoms with Crippen LogP contribution in [0.4, 0.5) is 13.2 Å². The molecule has 0 radical (unpaired) electrons. The summed E-state index contributed by atoms with van der Waals surface area (Å²) in [7, 11) is 0. The van der Waals surface area contributed by atoms with Gasteiger partial charge in [-0.05, 0) is 25.5 Å². The van der Waals surface area contributed by atoms with Crippen LogP contribution >= 0.6 is 0 Å². The highest BCUT2D eigenvalue weighted by molar-refractivity contribution is 5.78. The van der Waals surface area contributed by atoms with Crippen molar-refractivity contribution in [2.24, 2.45) is 0 Å². The van der Waals surface area contributed by atoms with Crippen LogP contribution in [-0.2, 0) is 17.4 Å². The van der Waals surface area contributed by atoms with Crippen molar-refractivity contribution >= 4 is 5.91 Å². The van der Waals surface area contributed by atoms with Crippen LogP contribution in [-0.4, -0.2) is 23.6 Å². The predicted molar refractivity (Wildman–Crippen MR) is 64.2 cm³/mol. The molecule has 0 saturated heterocycles. The summed E-state index contributed by atoms with van der Waals surface area (Å²) in [4.78, 5) is 15.2. The van der Waals surface area contributed by atoms with E-state index >= 15 is 0 Å². The molecule has 0 aliphatic heterocycles. The van der Waals surface area contributed by atoms with Gasteiger partial charge in [-0.15, -0.1) is 0 Å². The molecule has 0 fully saturated rings. The molecule has 0 aliphatic rings. The Balaban J connectivity index is 2.64. The number of amides is 1. The van der Waals surface area contributed by atoms with Gasteiger partial charge in [0.15, 0.2) is 0 Å². The monoisotopic (exact) mass is 275 g/mol. The minimum absolute atomic E-state index is 0.128. The second-order valence-corrected chi connectivity index (χ2v) is 4.34. The Hall–Kier alpha value is -1.63. The highest BCUT2D eigenvalue weighted by Crippen LogP contribution is 2.31. The summed E-state index contributed by atoms with van der Waals surface area (Å²) in [5, 5.41) is 5.43. The second kappa shape index (κ2) is 6.51. The molecule has 7 heteroatoms. The fraction of sp³-hybridized carbons (Fsp3) is 0.500. The minimum atomic E-state index is -4.48. The van der Waals surface area contributed by atoms with Gasteiger partial charge < -0.3 is 5.32 Å². The molecule has 4 nitrogen and oxygen atoms in total. The molecule has 0 unspecified atom stereocenters. The zero-order chi connectivity index (χ0) is 14.5. The molecule has 0 saturated carbocycles. The van der Waals surface area contributed by atoms with E-state index in [4.69, 9.17) is 0 Å². The van der Waals surface area contributed by atoms with Crippen molar-refractivity contribution in [1.29, 1.82) is 0 Å². The summed E-state index contributed by atoms with van der Waals surface area (Å²) in [6.45, 7) is 4.02. The quantitative estimate of drug-likeness (QED) is 0.804. The molecule has 1 heterocycles. The number of carbonyl (C=O) groups excluding carboxylic acids is 1. The summed E-state index contributed by atoms with van der Waals surface area (Å²) in [5.74, 6) is -0.480. The average Bonchev–Trinajstić information content (AvgIpc) is 2.27. The van der Waals surface area contributed by atoms with Gasteiger partial charge >= 0.3 is 6.18 Å². The summed E-state index contributed by atoms with van der Waals surface area (Å²) in [5.41, 5.74) is -0.952. The number of alkyl halides is 3. The van der Waals surface area contributed by atoms with Gasteiger partial charge in [0.1, 0.15) is 0 Å². The number of carbonyl (C=O) groups is 1. The molecule has 1 rings (SSSR count). The van der Waals surface area contributed by atoms with Gasteiger partial charge in [0.2, 0.25) is 5.91 Å². The van der Waals surface area contributed by atoms with Gasteiger partial charge in [0.25, 0.3) is 0 Å². The zero-order valence-corrected chi connectivity index (χ0v) is 10.7. The molecule has 1 amide bonds. The fourth-order valence-electron chi connectivity index (χ4n) is 1.43. The first-order valence-electron chi connectivity index (χ1n) is 5.81. The molecule has 0 bridgehead atoms. The molecule has 1 aromatic rings. The van der Waals surface area contributed by atoms with Crippen molar-refractivity contribution in [3.8, 4) is 0 Å². The standard InChI is InChI=1S/C12H16F3N3O/c1-8(2)17-7-18-11(19)5-9-6-16-4-3-10(9)12(13,14)15/h3-4,6,8,17H,5,7H2,1-2H3,(H,18,19). The van der Waals surface area contributed by atoms with Crippen molar-refractivity contribution < 1.29 is 18.0 Å². The molecule has 0 aromatic carbocycles. The van der Waals surface area contributed by atoms with Crippen LogP contribution in [0.15, 0.2) is 18.5 Å². The van der Waals surface area contributed by atoms with E-state index in [0.717, 1.165) is 18.5 Å². The van der Waals surface area contributed by atoms with E-state index in [1.807, 2.05) is 13.8 Å². The topological polar surface area (TPSA) is 54.0 Å². The van der Waals surface area contributed by atoms with E-state index in [1.54, 1.807) is 0 Å². The summed E-state index contributed by atoms with van der Waals surface area (Å²) >= 11 is 0. The van der Waals surface area contributed by atoms with Gasteiger partial charge in [-0.1, -0.05) is 0 Å². The van der Waals surface area contributed by atoms with Gasteiger partial charge in [0, 0.05) is 18.4 Å². The first kappa shape index (κ1) is 15.4. The maximum atomic E-state index is 12.7. The van der Waals surface area contributed by atoms with Gasteiger partial charge in [-0.25, -0.2) is 0 Å². The van der Waals surface area contributed by atoms with E-state index in [2.05, 4.69) is 15.6 Å². The lowest BCUT2D eigenvalue weighted by molar-refractivity contribution is -0.138. The van der Waals surface area contributed by atoms with E-state index in [1.165, 1.54) is 0 Å². The third-order valence-electron chi connectivity index (χ3n) is 2.36. The van der Waals surface area contributed by atoms with E-state index in [-0.39, 0.29) is 24.7 Å². The number of aromatic nitrogens is 1. The van der Waals surface area contributed by atoms with Crippen LogP contribution in [0, 0.1) is 0 Å². The molecule has 0 spiro atoms.